The molecule has 20 heavy (non-hydrogen) atoms. The van der Waals surface area contributed by atoms with Gasteiger partial charge < -0.3 is 11.1 Å². The molecule has 0 aliphatic rings. The maximum atomic E-state index is 13.9. The monoisotopic (exact) mass is 289 g/mol. The molecule has 0 aliphatic carbocycles. The first kappa shape index (κ1) is 14.2. The van der Waals surface area contributed by atoms with Crippen LogP contribution in [-0.4, -0.2) is 17.4 Å². The summed E-state index contributed by atoms with van der Waals surface area (Å²) in [5, 5.41) is 2.52. The van der Waals surface area contributed by atoms with Crippen LogP contribution in [-0.2, 0) is 0 Å². The molecule has 2 aromatic rings. The molecule has 0 atom stereocenters. The van der Waals surface area contributed by atoms with E-state index in [4.69, 9.17) is 5.73 Å². The summed E-state index contributed by atoms with van der Waals surface area (Å²) < 4.78 is 13.9. The molecule has 1 heterocycles. The second kappa shape index (κ2) is 6.28. The first-order chi connectivity index (χ1) is 9.61. The Morgan fingerprint density at radius 1 is 1.55 bits per heavy atom. The lowest BCUT2D eigenvalue weighted by molar-refractivity contribution is 0.102. The van der Waals surface area contributed by atoms with Gasteiger partial charge in [-0.25, -0.2) is 9.37 Å². The number of hydrogen-bond donors (Lipinski definition) is 2. The Labute approximate surface area is 119 Å². The number of hydrogen-bond acceptors (Lipinski definition) is 4. The molecule has 6 heteroatoms. The van der Waals surface area contributed by atoms with E-state index in [1.165, 1.54) is 23.5 Å². The van der Waals surface area contributed by atoms with Crippen LogP contribution in [0.15, 0.2) is 23.7 Å². The maximum Gasteiger partial charge on any atom is 0.267 e. The third-order valence-electron chi connectivity index (χ3n) is 2.50. The molecule has 4 nitrogen and oxygen atoms in total. The molecule has 0 saturated heterocycles. The number of amides is 1. The molecule has 0 spiro atoms. The number of aromatic nitrogens is 1. The van der Waals surface area contributed by atoms with Crippen molar-refractivity contribution in [1.29, 1.82) is 0 Å². The lowest BCUT2D eigenvalue weighted by Gasteiger charge is -2.05. The minimum Gasteiger partial charge on any atom is -0.320 e. The van der Waals surface area contributed by atoms with Crippen LogP contribution in [0.4, 0.5) is 10.1 Å². The molecule has 3 N–H and O–H groups in total. The van der Waals surface area contributed by atoms with Crippen LogP contribution >= 0.6 is 11.3 Å². The summed E-state index contributed by atoms with van der Waals surface area (Å²) >= 11 is 1.22. The predicted octanol–water partition coefficient (Wildman–Crippen LogP) is 2.15. The fourth-order valence-corrected chi connectivity index (χ4v) is 2.24. The summed E-state index contributed by atoms with van der Waals surface area (Å²) in [5.41, 5.74) is 8.07. The minimum atomic E-state index is -0.538. The quantitative estimate of drug-likeness (QED) is 0.832. The van der Waals surface area contributed by atoms with Crippen molar-refractivity contribution < 1.29 is 9.18 Å². The molecule has 0 bridgehead atoms. The van der Waals surface area contributed by atoms with Gasteiger partial charge in [0.25, 0.3) is 5.91 Å². The van der Waals surface area contributed by atoms with Crippen molar-refractivity contribution in [2.75, 3.05) is 11.9 Å². The van der Waals surface area contributed by atoms with E-state index >= 15 is 0 Å². The second-order valence-corrected chi connectivity index (χ2v) is 4.78. The first-order valence-corrected chi connectivity index (χ1v) is 6.69. The standard InChI is InChI=1S/C14H12FN3OS/c1-9-13(20-8-17-9)14(19)18-12-5-4-10(3-2-6-16)7-11(12)15/h4-5,7-8H,6,16H2,1H3,(H,18,19). The average Bonchev–Trinajstić information content (AvgIpc) is 2.85. The highest BCUT2D eigenvalue weighted by Crippen LogP contribution is 2.19. The first-order valence-electron chi connectivity index (χ1n) is 5.81. The van der Waals surface area contributed by atoms with Crippen LogP contribution in [0.3, 0.4) is 0 Å². The summed E-state index contributed by atoms with van der Waals surface area (Å²) in [6, 6.07) is 4.36. The zero-order valence-corrected chi connectivity index (χ0v) is 11.6. The summed E-state index contributed by atoms with van der Waals surface area (Å²) in [7, 11) is 0. The highest BCUT2D eigenvalue weighted by Gasteiger charge is 2.13. The van der Waals surface area contributed by atoms with Gasteiger partial charge in [0.1, 0.15) is 10.7 Å². The van der Waals surface area contributed by atoms with Crippen LogP contribution in [0, 0.1) is 24.6 Å². The number of aryl methyl sites for hydroxylation is 1. The summed E-state index contributed by atoms with van der Waals surface area (Å²) in [5.74, 6) is 4.46. The summed E-state index contributed by atoms with van der Waals surface area (Å²) in [4.78, 5) is 16.4. The van der Waals surface area contributed by atoms with Crippen LogP contribution < -0.4 is 11.1 Å². The Bertz CT molecular complexity index is 700. The number of thiazole rings is 1. The molecule has 0 aliphatic heterocycles. The normalized spacial score (nSPS) is 9.75. The molecule has 1 amide bonds. The Balaban J connectivity index is 2.18. The number of nitrogens with zero attached hydrogens (tertiary/aromatic N) is 1. The zero-order valence-electron chi connectivity index (χ0n) is 10.7. The van der Waals surface area contributed by atoms with Crippen LogP contribution in [0.1, 0.15) is 20.9 Å². The van der Waals surface area contributed by atoms with E-state index in [0.29, 0.717) is 16.1 Å². The number of benzene rings is 1. The minimum absolute atomic E-state index is 0.112. The van der Waals surface area contributed by atoms with Gasteiger partial charge in [0, 0.05) is 5.56 Å². The Morgan fingerprint density at radius 2 is 2.35 bits per heavy atom. The third-order valence-corrected chi connectivity index (χ3v) is 3.43. The number of rotatable bonds is 2. The van der Waals surface area contributed by atoms with E-state index < -0.39 is 5.82 Å². The molecule has 0 unspecified atom stereocenters. The topological polar surface area (TPSA) is 68.0 Å². The van der Waals surface area contributed by atoms with Gasteiger partial charge in [-0.2, -0.15) is 0 Å². The fourth-order valence-electron chi connectivity index (χ4n) is 1.55. The third kappa shape index (κ3) is 3.20. The molecule has 1 aromatic heterocycles. The molecular weight excluding hydrogens is 277 g/mol. The lowest BCUT2D eigenvalue weighted by Crippen LogP contribution is -2.12. The van der Waals surface area contributed by atoms with E-state index in [1.54, 1.807) is 18.5 Å². The molecule has 0 radical (unpaired) electrons. The van der Waals surface area contributed by atoms with Crippen molar-refractivity contribution in [2.24, 2.45) is 5.73 Å². The Hall–Kier alpha value is -2.23. The number of halogens is 1. The molecule has 1 aromatic carbocycles. The number of carbonyl (C=O) groups is 1. The number of nitrogens with two attached hydrogens (primary N) is 1. The Kier molecular flexibility index (Phi) is 4.45. The van der Waals surface area contributed by atoms with Crippen molar-refractivity contribution >= 4 is 22.9 Å². The van der Waals surface area contributed by atoms with Gasteiger partial charge in [0.15, 0.2) is 0 Å². The second-order valence-electron chi connectivity index (χ2n) is 3.92. The van der Waals surface area contributed by atoms with Crippen molar-refractivity contribution in [3.8, 4) is 11.8 Å². The maximum absolute atomic E-state index is 13.9. The van der Waals surface area contributed by atoms with Crippen molar-refractivity contribution in [2.45, 2.75) is 6.92 Å². The van der Waals surface area contributed by atoms with E-state index in [-0.39, 0.29) is 18.1 Å². The molecular formula is C14H12FN3OS. The number of carbonyl (C=O) groups excluding carboxylic acids is 1. The smallest absolute Gasteiger partial charge is 0.267 e. The predicted molar refractivity (Wildman–Crippen MR) is 77.1 cm³/mol. The van der Waals surface area contributed by atoms with E-state index in [9.17, 15) is 9.18 Å². The molecule has 0 fully saturated rings. The lowest BCUT2D eigenvalue weighted by atomic mass is 10.2. The van der Waals surface area contributed by atoms with Crippen molar-refractivity contribution in [1.82, 2.24) is 4.98 Å². The van der Waals surface area contributed by atoms with E-state index in [1.807, 2.05) is 0 Å². The van der Waals surface area contributed by atoms with Gasteiger partial charge in [-0.05, 0) is 25.1 Å². The van der Waals surface area contributed by atoms with E-state index in [0.717, 1.165) is 0 Å². The number of nitrogens with one attached hydrogen (secondary N) is 1. The summed E-state index contributed by atoms with van der Waals surface area (Å²) in [6.07, 6.45) is 0. The van der Waals surface area contributed by atoms with Gasteiger partial charge in [-0.1, -0.05) is 11.8 Å². The van der Waals surface area contributed by atoms with Crippen LogP contribution in [0.25, 0.3) is 0 Å². The van der Waals surface area contributed by atoms with Crippen molar-refractivity contribution in [3.05, 3.63) is 45.7 Å². The van der Waals surface area contributed by atoms with Crippen molar-refractivity contribution in [3.63, 3.8) is 0 Å². The fraction of sp³-hybridized carbons (Fsp3) is 0.143. The number of anilines is 1. The molecule has 102 valence electrons. The van der Waals surface area contributed by atoms with Gasteiger partial charge in [0.2, 0.25) is 0 Å². The van der Waals surface area contributed by atoms with Gasteiger partial charge >= 0.3 is 0 Å². The van der Waals surface area contributed by atoms with Gasteiger partial charge in [-0.15, -0.1) is 11.3 Å². The van der Waals surface area contributed by atoms with Gasteiger partial charge in [0.05, 0.1) is 23.4 Å². The Morgan fingerprint density at radius 3 is 2.95 bits per heavy atom. The SMILES string of the molecule is Cc1ncsc1C(=O)Nc1ccc(C#CCN)cc1F. The largest absolute Gasteiger partial charge is 0.320 e. The zero-order chi connectivity index (χ0) is 14.5. The molecule has 2 rings (SSSR count). The van der Waals surface area contributed by atoms with Crippen LogP contribution in [0.5, 0.6) is 0 Å². The van der Waals surface area contributed by atoms with E-state index in [2.05, 4.69) is 22.1 Å². The average molecular weight is 289 g/mol. The van der Waals surface area contributed by atoms with Crippen LogP contribution in [0.2, 0.25) is 0 Å². The molecule has 0 saturated carbocycles. The van der Waals surface area contributed by atoms with Gasteiger partial charge in [-0.3, -0.25) is 4.79 Å². The highest BCUT2D eigenvalue weighted by molar-refractivity contribution is 7.12. The summed E-state index contributed by atoms with van der Waals surface area (Å²) in [6.45, 7) is 1.94. The highest BCUT2D eigenvalue weighted by atomic mass is 32.1.